The average molecular weight is 341 g/mol. The minimum absolute atomic E-state index is 0.381. The molecule has 0 spiro atoms. The van der Waals surface area contributed by atoms with Crippen molar-refractivity contribution in [2.24, 2.45) is 0 Å². The molecule has 0 fully saturated rings. The molecule has 0 amide bonds. The first kappa shape index (κ1) is 12.3. The molecule has 0 saturated carbocycles. The lowest BCUT2D eigenvalue weighted by Crippen LogP contribution is -2.03. The molecule has 4 rings (SSSR count). The molecule has 3 heterocycles. The van der Waals surface area contributed by atoms with Crippen LogP contribution in [0.1, 0.15) is 0 Å². The van der Waals surface area contributed by atoms with E-state index in [1.54, 1.807) is 10.6 Å². The van der Waals surface area contributed by atoms with Gasteiger partial charge >= 0.3 is 5.63 Å². The van der Waals surface area contributed by atoms with E-state index >= 15 is 0 Å². The Morgan fingerprint density at radius 3 is 2.86 bits per heavy atom. The predicted octanol–water partition coefficient (Wildman–Crippen LogP) is 3.87. The zero-order valence-electron chi connectivity index (χ0n) is 10.8. The van der Waals surface area contributed by atoms with Gasteiger partial charge in [0.15, 0.2) is 0 Å². The Hall–Kier alpha value is -2.40. The van der Waals surface area contributed by atoms with E-state index in [9.17, 15) is 4.79 Å². The Bertz CT molecular complexity index is 1000. The van der Waals surface area contributed by atoms with Crippen LogP contribution >= 0.6 is 15.9 Å². The number of hydrogen-bond acceptors (Lipinski definition) is 3. The van der Waals surface area contributed by atoms with Crippen molar-refractivity contribution < 1.29 is 4.42 Å². The van der Waals surface area contributed by atoms with Crippen molar-refractivity contribution in [3.05, 3.63) is 69.6 Å². The van der Waals surface area contributed by atoms with Crippen LogP contribution in [0.4, 0.5) is 0 Å². The highest BCUT2D eigenvalue weighted by Gasteiger charge is 2.11. The summed E-state index contributed by atoms with van der Waals surface area (Å²) in [5.41, 5.74) is 2.19. The van der Waals surface area contributed by atoms with Crippen molar-refractivity contribution in [1.82, 2.24) is 9.61 Å². The number of benzene rings is 1. The number of pyridine rings is 1. The minimum Gasteiger partial charge on any atom is -0.422 e. The number of fused-ring (bicyclic) bond motifs is 2. The normalized spacial score (nSPS) is 11.3. The summed E-state index contributed by atoms with van der Waals surface area (Å²) in [7, 11) is 0. The predicted molar refractivity (Wildman–Crippen MR) is 84.4 cm³/mol. The Balaban J connectivity index is 2.00. The largest absolute Gasteiger partial charge is 0.422 e. The van der Waals surface area contributed by atoms with Crippen molar-refractivity contribution in [1.29, 1.82) is 0 Å². The first-order chi connectivity index (χ1) is 10.2. The molecule has 0 aliphatic carbocycles. The number of hydrogen-bond donors (Lipinski definition) is 0. The van der Waals surface area contributed by atoms with E-state index in [-0.39, 0.29) is 5.63 Å². The molecule has 4 nitrogen and oxygen atoms in total. The molecule has 1 aromatic carbocycles. The lowest BCUT2D eigenvalue weighted by atomic mass is 10.1. The maximum atomic E-state index is 12.2. The van der Waals surface area contributed by atoms with Gasteiger partial charge in [-0.3, -0.25) is 0 Å². The first-order valence-electron chi connectivity index (χ1n) is 6.39. The molecule has 4 aromatic rings. The summed E-state index contributed by atoms with van der Waals surface area (Å²) in [4.78, 5) is 12.2. The molecule has 5 heteroatoms. The average Bonchev–Trinajstić information content (AvgIpc) is 2.90. The Morgan fingerprint density at radius 1 is 1.10 bits per heavy atom. The zero-order chi connectivity index (χ0) is 14.4. The van der Waals surface area contributed by atoms with Crippen LogP contribution in [-0.4, -0.2) is 9.61 Å². The van der Waals surface area contributed by atoms with Crippen LogP contribution in [-0.2, 0) is 0 Å². The second-order valence-corrected chi connectivity index (χ2v) is 5.65. The van der Waals surface area contributed by atoms with E-state index in [1.807, 2.05) is 48.7 Å². The van der Waals surface area contributed by atoms with Crippen LogP contribution in [0.3, 0.4) is 0 Å². The van der Waals surface area contributed by atoms with Crippen molar-refractivity contribution in [3.63, 3.8) is 0 Å². The number of halogens is 1. The fraction of sp³-hybridized carbons (Fsp3) is 0. The molecule has 0 aliphatic heterocycles. The lowest BCUT2D eigenvalue weighted by Gasteiger charge is -2.00. The molecule has 0 bridgehead atoms. The van der Waals surface area contributed by atoms with Gasteiger partial charge in [0.1, 0.15) is 11.3 Å². The summed E-state index contributed by atoms with van der Waals surface area (Å²) in [6.07, 6.45) is 1.85. The Kier molecular flexibility index (Phi) is 2.68. The first-order valence-corrected chi connectivity index (χ1v) is 7.18. The zero-order valence-corrected chi connectivity index (χ0v) is 12.4. The van der Waals surface area contributed by atoms with Gasteiger partial charge < -0.3 is 4.42 Å². The molecule has 0 unspecified atom stereocenters. The van der Waals surface area contributed by atoms with Gasteiger partial charge in [-0.2, -0.15) is 5.10 Å². The molecule has 0 aliphatic rings. The molecule has 0 radical (unpaired) electrons. The van der Waals surface area contributed by atoms with Gasteiger partial charge in [0.2, 0.25) is 0 Å². The van der Waals surface area contributed by atoms with Crippen LogP contribution in [0.2, 0.25) is 0 Å². The minimum atomic E-state index is -0.381. The second kappa shape index (κ2) is 4.56. The molecule has 0 saturated heterocycles. The van der Waals surface area contributed by atoms with Crippen LogP contribution in [0.5, 0.6) is 0 Å². The van der Waals surface area contributed by atoms with E-state index in [0.29, 0.717) is 16.8 Å². The number of nitrogens with zero attached hydrogens (tertiary/aromatic N) is 2. The van der Waals surface area contributed by atoms with E-state index in [4.69, 9.17) is 4.42 Å². The van der Waals surface area contributed by atoms with Gasteiger partial charge in [0.05, 0.1) is 11.1 Å². The van der Waals surface area contributed by atoms with Crippen LogP contribution in [0.25, 0.3) is 27.7 Å². The number of aromatic nitrogens is 2. The van der Waals surface area contributed by atoms with Gasteiger partial charge in [-0.15, -0.1) is 0 Å². The van der Waals surface area contributed by atoms with Gasteiger partial charge in [0.25, 0.3) is 0 Å². The molecule has 21 heavy (non-hydrogen) atoms. The van der Waals surface area contributed by atoms with Gasteiger partial charge in [-0.1, -0.05) is 22.0 Å². The molecule has 102 valence electrons. The Labute approximate surface area is 127 Å². The highest BCUT2D eigenvalue weighted by atomic mass is 79.9. The third kappa shape index (κ3) is 2.06. The van der Waals surface area contributed by atoms with Crippen molar-refractivity contribution in [3.8, 4) is 11.3 Å². The topological polar surface area (TPSA) is 47.5 Å². The smallest absolute Gasteiger partial charge is 0.345 e. The van der Waals surface area contributed by atoms with Crippen molar-refractivity contribution >= 4 is 32.4 Å². The fourth-order valence-corrected chi connectivity index (χ4v) is 2.72. The standard InChI is InChI=1S/C16H9BrN2O2/c17-11-4-5-15-10(7-11)8-13(16(20)21-15)14-9-12-3-1-2-6-19(12)18-14/h1-9H. The molecule has 0 N–H and O–H groups in total. The second-order valence-electron chi connectivity index (χ2n) is 4.73. The molecule has 3 aromatic heterocycles. The molecular weight excluding hydrogens is 332 g/mol. The van der Waals surface area contributed by atoms with Gasteiger partial charge in [-0.05, 0) is 42.5 Å². The van der Waals surface area contributed by atoms with Crippen LogP contribution in [0, 0.1) is 0 Å². The third-order valence-electron chi connectivity index (χ3n) is 3.34. The van der Waals surface area contributed by atoms with E-state index in [2.05, 4.69) is 21.0 Å². The highest BCUT2D eigenvalue weighted by molar-refractivity contribution is 9.10. The maximum absolute atomic E-state index is 12.2. The fourth-order valence-electron chi connectivity index (χ4n) is 2.34. The third-order valence-corrected chi connectivity index (χ3v) is 3.83. The van der Waals surface area contributed by atoms with Crippen LogP contribution < -0.4 is 5.63 Å². The maximum Gasteiger partial charge on any atom is 0.345 e. The molecule has 0 atom stereocenters. The van der Waals surface area contributed by atoms with E-state index < -0.39 is 0 Å². The highest BCUT2D eigenvalue weighted by Crippen LogP contribution is 2.23. The van der Waals surface area contributed by atoms with Crippen LogP contribution in [0.15, 0.2) is 68.4 Å². The van der Waals surface area contributed by atoms with E-state index in [1.165, 1.54) is 0 Å². The lowest BCUT2D eigenvalue weighted by molar-refractivity contribution is 0.563. The van der Waals surface area contributed by atoms with Crippen molar-refractivity contribution in [2.75, 3.05) is 0 Å². The summed E-state index contributed by atoms with van der Waals surface area (Å²) in [5, 5.41) is 5.28. The Morgan fingerprint density at radius 2 is 2.00 bits per heavy atom. The quantitative estimate of drug-likeness (QED) is 0.494. The summed E-state index contributed by atoms with van der Waals surface area (Å²) < 4.78 is 8.04. The van der Waals surface area contributed by atoms with Gasteiger partial charge in [-0.25, -0.2) is 9.31 Å². The SMILES string of the molecule is O=c1oc2ccc(Br)cc2cc1-c1cc2ccccn2n1. The molecular formula is C16H9BrN2O2. The van der Waals surface area contributed by atoms with E-state index in [0.717, 1.165) is 15.4 Å². The summed E-state index contributed by atoms with van der Waals surface area (Å²) in [5.74, 6) is 0. The monoisotopic (exact) mass is 340 g/mol. The summed E-state index contributed by atoms with van der Waals surface area (Å²) in [6, 6.07) is 15.0. The van der Waals surface area contributed by atoms with Crippen molar-refractivity contribution in [2.45, 2.75) is 0 Å². The summed E-state index contributed by atoms with van der Waals surface area (Å²) in [6.45, 7) is 0. The summed E-state index contributed by atoms with van der Waals surface area (Å²) >= 11 is 3.42. The number of rotatable bonds is 1. The van der Waals surface area contributed by atoms with Gasteiger partial charge in [0, 0.05) is 16.1 Å².